The number of aliphatic hydroxyl groups excluding tert-OH is 1. The molecule has 0 bridgehead atoms. The predicted molar refractivity (Wildman–Crippen MR) is 83.4 cm³/mol. The van der Waals surface area contributed by atoms with Gasteiger partial charge in [-0.1, -0.05) is 35.0 Å². The maximum absolute atomic E-state index is 12.6. The van der Waals surface area contributed by atoms with Crippen molar-refractivity contribution in [2.24, 2.45) is 11.8 Å². The van der Waals surface area contributed by atoms with Crippen molar-refractivity contribution < 1.29 is 9.90 Å². The fourth-order valence-corrected chi connectivity index (χ4v) is 3.24. The molecule has 4 heteroatoms. The fraction of sp³-hybridized carbons (Fsp3) is 0.562. The smallest absolute Gasteiger partial charge is 0.226 e. The molecule has 1 N–H and O–H groups in total. The Bertz CT molecular complexity index is 464. The van der Waals surface area contributed by atoms with Gasteiger partial charge in [-0.3, -0.25) is 4.79 Å². The van der Waals surface area contributed by atoms with Crippen LogP contribution in [0.1, 0.15) is 25.3 Å². The van der Waals surface area contributed by atoms with Crippen molar-refractivity contribution in [1.29, 1.82) is 0 Å². The summed E-state index contributed by atoms with van der Waals surface area (Å²) in [4.78, 5) is 14.5. The molecule has 0 saturated carbocycles. The summed E-state index contributed by atoms with van der Waals surface area (Å²) < 4.78 is 1.05. The number of halogens is 1. The molecule has 1 saturated heterocycles. The molecule has 3 nitrogen and oxygen atoms in total. The van der Waals surface area contributed by atoms with Gasteiger partial charge in [0.05, 0.1) is 0 Å². The molecular formula is C16H22BrNO2. The lowest BCUT2D eigenvalue weighted by atomic mass is 9.95. The number of nitrogens with zero attached hydrogens (tertiary/aromatic N) is 1. The van der Waals surface area contributed by atoms with Crippen molar-refractivity contribution >= 4 is 21.8 Å². The van der Waals surface area contributed by atoms with E-state index in [4.69, 9.17) is 0 Å². The third-order valence-corrected chi connectivity index (χ3v) is 4.56. The summed E-state index contributed by atoms with van der Waals surface area (Å²) in [5, 5.41) is 9.18. The maximum atomic E-state index is 12.6. The number of hydrogen-bond acceptors (Lipinski definition) is 2. The summed E-state index contributed by atoms with van der Waals surface area (Å²) in [6.07, 6.45) is 2.57. The van der Waals surface area contributed by atoms with Crippen LogP contribution >= 0.6 is 15.9 Å². The van der Waals surface area contributed by atoms with E-state index in [0.717, 1.165) is 30.3 Å². The zero-order valence-corrected chi connectivity index (χ0v) is 13.5. The molecule has 2 unspecified atom stereocenters. The highest BCUT2D eigenvalue weighted by atomic mass is 79.9. The first-order chi connectivity index (χ1) is 9.63. The predicted octanol–water partition coefficient (Wildman–Crippen LogP) is 2.86. The Morgan fingerprint density at radius 1 is 1.55 bits per heavy atom. The van der Waals surface area contributed by atoms with Crippen molar-refractivity contribution in [3.8, 4) is 0 Å². The fourth-order valence-electron chi connectivity index (χ4n) is 2.79. The first-order valence-corrected chi connectivity index (χ1v) is 8.07. The molecule has 1 heterocycles. The third-order valence-electron chi connectivity index (χ3n) is 4.07. The van der Waals surface area contributed by atoms with Crippen LogP contribution in [0, 0.1) is 11.8 Å². The largest absolute Gasteiger partial charge is 0.396 e. The van der Waals surface area contributed by atoms with Crippen LogP contribution in [-0.2, 0) is 11.2 Å². The number of hydrogen-bond donors (Lipinski definition) is 1. The molecule has 1 fully saturated rings. The zero-order chi connectivity index (χ0) is 14.5. The highest BCUT2D eigenvalue weighted by Crippen LogP contribution is 2.22. The Morgan fingerprint density at radius 2 is 2.35 bits per heavy atom. The van der Waals surface area contributed by atoms with Crippen LogP contribution in [0.5, 0.6) is 0 Å². The normalized spacial score (nSPS) is 20.1. The first-order valence-electron chi connectivity index (χ1n) is 7.28. The van der Waals surface area contributed by atoms with Crippen molar-refractivity contribution in [2.45, 2.75) is 26.2 Å². The lowest BCUT2D eigenvalue weighted by Gasteiger charge is -2.23. The van der Waals surface area contributed by atoms with Gasteiger partial charge in [0.1, 0.15) is 0 Å². The van der Waals surface area contributed by atoms with Crippen molar-refractivity contribution in [1.82, 2.24) is 4.90 Å². The molecule has 0 aromatic heterocycles. The van der Waals surface area contributed by atoms with Crippen LogP contribution in [-0.4, -0.2) is 35.6 Å². The van der Waals surface area contributed by atoms with Gasteiger partial charge in [0.2, 0.25) is 5.91 Å². The number of benzene rings is 1. The van der Waals surface area contributed by atoms with Crippen LogP contribution in [0.25, 0.3) is 0 Å². The van der Waals surface area contributed by atoms with Gasteiger partial charge in [0, 0.05) is 36.0 Å². The van der Waals surface area contributed by atoms with Gasteiger partial charge in [-0.15, -0.1) is 0 Å². The third kappa shape index (κ3) is 3.83. The Labute approximate surface area is 129 Å². The monoisotopic (exact) mass is 339 g/mol. The summed E-state index contributed by atoms with van der Waals surface area (Å²) in [7, 11) is 0. The highest BCUT2D eigenvalue weighted by Gasteiger charge is 2.29. The summed E-state index contributed by atoms with van der Waals surface area (Å²) >= 11 is 3.47. The van der Waals surface area contributed by atoms with Gasteiger partial charge in [-0.2, -0.15) is 0 Å². The van der Waals surface area contributed by atoms with Crippen molar-refractivity contribution in [3.63, 3.8) is 0 Å². The second kappa shape index (κ2) is 7.23. The van der Waals surface area contributed by atoms with Crippen LogP contribution in [0.3, 0.4) is 0 Å². The minimum absolute atomic E-state index is 0.0433. The summed E-state index contributed by atoms with van der Waals surface area (Å²) in [5.41, 5.74) is 1.19. The molecule has 1 aliphatic heterocycles. The lowest BCUT2D eigenvalue weighted by molar-refractivity contribution is -0.134. The zero-order valence-electron chi connectivity index (χ0n) is 11.9. The molecule has 20 heavy (non-hydrogen) atoms. The van der Waals surface area contributed by atoms with Gasteiger partial charge < -0.3 is 10.0 Å². The van der Waals surface area contributed by atoms with Gasteiger partial charge in [-0.05, 0) is 37.0 Å². The van der Waals surface area contributed by atoms with E-state index in [1.807, 2.05) is 17.0 Å². The molecule has 2 atom stereocenters. The minimum Gasteiger partial charge on any atom is -0.396 e. The number of rotatable bonds is 5. The number of carbonyl (C=O) groups is 1. The first kappa shape index (κ1) is 15.5. The average molecular weight is 340 g/mol. The molecule has 1 aliphatic rings. The van der Waals surface area contributed by atoms with Crippen LogP contribution in [0.2, 0.25) is 0 Å². The molecule has 1 aromatic rings. The van der Waals surface area contributed by atoms with E-state index in [0.29, 0.717) is 6.54 Å². The number of carbonyl (C=O) groups excluding carboxylic acids is 1. The van der Waals surface area contributed by atoms with E-state index in [1.54, 1.807) is 0 Å². The molecule has 0 spiro atoms. The quantitative estimate of drug-likeness (QED) is 0.895. The van der Waals surface area contributed by atoms with Gasteiger partial charge in [0.15, 0.2) is 0 Å². The van der Waals surface area contributed by atoms with E-state index < -0.39 is 0 Å². The minimum atomic E-state index is 0.0433. The lowest BCUT2D eigenvalue weighted by Crippen LogP contribution is -2.35. The molecule has 110 valence electrons. The number of amides is 1. The Hall–Kier alpha value is -0.870. The Balaban J connectivity index is 1.99. The van der Waals surface area contributed by atoms with E-state index in [9.17, 15) is 9.90 Å². The SMILES string of the molecule is CCC(Cc1cccc(Br)c1)C(=O)N1CCC(CO)C1. The molecule has 0 aliphatic carbocycles. The van der Waals surface area contributed by atoms with Crippen molar-refractivity contribution in [3.05, 3.63) is 34.3 Å². The topological polar surface area (TPSA) is 40.5 Å². The van der Waals surface area contributed by atoms with Crippen LogP contribution < -0.4 is 0 Å². The molecular weight excluding hydrogens is 318 g/mol. The molecule has 0 radical (unpaired) electrons. The molecule has 1 aromatic carbocycles. The van der Waals surface area contributed by atoms with Gasteiger partial charge in [0.25, 0.3) is 0 Å². The van der Waals surface area contributed by atoms with Crippen LogP contribution in [0.4, 0.5) is 0 Å². The number of aliphatic hydroxyl groups is 1. The summed E-state index contributed by atoms with van der Waals surface area (Å²) in [6, 6.07) is 8.16. The second-order valence-corrected chi connectivity index (χ2v) is 6.48. The molecule has 1 amide bonds. The maximum Gasteiger partial charge on any atom is 0.226 e. The van der Waals surface area contributed by atoms with E-state index >= 15 is 0 Å². The van der Waals surface area contributed by atoms with Crippen molar-refractivity contribution in [2.75, 3.05) is 19.7 Å². The van der Waals surface area contributed by atoms with Gasteiger partial charge in [-0.25, -0.2) is 0 Å². The van der Waals surface area contributed by atoms with E-state index in [-0.39, 0.29) is 24.3 Å². The van der Waals surface area contributed by atoms with E-state index in [1.165, 1.54) is 5.56 Å². The summed E-state index contributed by atoms with van der Waals surface area (Å²) in [5.74, 6) is 0.549. The Morgan fingerprint density at radius 3 is 2.95 bits per heavy atom. The summed E-state index contributed by atoms with van der Waals surface area (Å²) in [6.45, 7) is 3.76. The Kier molecular flexibility index (Phi) is 5.61. The van der Waals surface area contributed by atoms with Gasteiger partial charge >= 0.3 is 0 Å². The number of likely N-dealkylation sites (tertiary alicyclic amines) is 1. The highest BCUT2D eigenvalue weighted by molar-refractivity contribution is 9.10. The average Bonchev–Trinajstić information content (AvgIpc) is 2.93. The molecule has 2 rings (SSSR count). The second-order valence-electron chi connectivity index (χ2n) is 5.56. The standard InChI is InChI=1S/C16H22BrNO2/c1-2-14(8-12-4-3-5-15(17)9-12)16(20)18-7-6-13(10-18)11-19/h3-5,9,13-14,19H,2,6-8,10-11H2,1H3. The van der Waals surface area contributed by atoms with E-state index in [2.05, 4.69) is 35.0 Å². The van der Waals surface area contributed by atoms with Crippen LogP contribution in [0.15, 0.2) is 28.7 Å².